The van der Waals surface area contributed by atoms with Crippen molar-refractivity contribution in [2.75, 3.05) is 0 Å². The van der Waals surface area contributed by atoms with Crippen molar-refractivity contribution in [3.8, 4) is 0 Å². The monoisotopic (exact) mass is 237 g/mol. The van der Waals surface area contributed by atoms with E-state index in [1.54, 1.807) is 6.92 Å². The molecule has 1 unspecified atom stereocenters. The molecule has 0 saturated carbocycles. The Balaban J connectivity index is 2.55. The SMILES string of the molecule is CCC(=O)ONC(Cc1ccccc1)C(=O)O. The number of nitrogens with one attached hydrogen (secondary N) is 1. The third-order valence-electron chi connectivity index (χ3n) is 2.18. The highest BCUT2D eigenvalue weighted by atomic mass is 16.7. The van der Waals surface area contributed by atoms with Crippen LogP contribution in [-0.2, 0) is 20.8 Å². The van der Waals surface area contributed by atoms with Crippen molar-refractivity contribution in [3.63, 3.8) is 0 Å². The average molecular weight is 237 g/mol. The molecule has 1 atom stereocenters. The maximum absolute atomic E-state index is 11.0. The number of carboxylic acid groups (broad SMARTS) is 1. The van der Waals surface area contributed by atoms with Gasteiger partial charge in [-0.1, -0.05) is 37.3 Å². The summed E-state index contributed by atoms with van der Waals surface area (Å²) in [7, 11) is 0. The van der Waals surface area contributed by atoms with E-state index in [0.717, 1.165) is 5.56 Å². The van der Waals surface area contributed by atoms with Gasteiger partial charge in [-0.05, 0) is 5.56 Å². The number of aliphatic carboxylic acids is 1. The van der Waals surface area contributed by atoms with E-state index in [9.17, 15) is 9.59 Å². The van der Waals surface area contributed by atoms with E-state index in [1.807, 2.05) is 30.3 Å². The maximum Gasteiger partial charge on any atom is 0.324 e. The van der Waals surface area contributed by atoms with Crippen LogP contribution in [-0.4, -0.2) is 23.1 Å². The smallest absolute Gasteiger partial charge is 0.324 e. The molecular weight excluding hydrogens is 222 g/mol. The van der Waals surface area contributed by atoms with Gasteiger partial charge in [0.2, 0.25) is 0 Å². The summed E-state index contributed by atoms with van der Waals surface area (Å²) >= 11 is 0. The van der Waals surface area contributed by atoms with Gasteiger partial charge >= 0.3 is 11.9 Å². The fourth-order valence-corrected chi connectivity index (χ4v) is 1.24. The Kier molecular flexibility index (Phi) is 5.16. The summed E-state index contributed by atoms with van der Waals surface area (Å²) in [6, 6.07) is 8.20. The van der Waals surface area contributed by atoms with Crippen LogP contribution in [0.3, 0.4) is 0 Å². The summed E-state index contributed by atoms with van der Waals surface area (Å²) in [5, 5.41) is 8.97. The Labute approximate surface area is 99.4 Å². The molecule has 0 amide bonds. The second-order valence-corrected chi connectivity index (χ2v) is 3.53. The van der Waals surface area contributed by atoms with E-state index >= 15 is 0 Å². The zero-order chi connectivity index (χ0) is 12.7. The van der Waals surface area contributed by atoms with Crippen LogP contribution in [0, 0.1) is 0 Å². The van der Waals surface area contributed by atoms with E-state index in [2.05, 4.69) is 10.3 Å². The Morgan fingerprint density at radius 3 is 2.53 bits per heavy atom. The molecule has 17 heavy (non-hydrogen) atoms. The van der Waals surface area contributed by atoms with Gasteiger partial charge < -0.3 is 9.94 Å². The minimum Gasteiger partial charge on any atom is -0.480 e. The molecule has 1 aromatic carbocycles. The Hall–Kier alpha value is -1.88. The molecule has 1 rings (SSSR count). The molecule has 5 nitrogen and oxygen atoms in total. The predicted octanol–water partition coefficient (Wildman–Crippen LogP) is 1.14. The highest BCUT2D eigenvalue weighted by Gasteiger charge is 2.19. The van der Waals surface area contributed by atoms with Crippen LogP contribution >= 0.6 is 0 Å². The van der Waals surface area contributed by atoms with E-state index < -0.39 is 18.0 Å². The fourth-order valence-electron chi connectivity index (χ4n) is 1.24. The number of benzene rings is 1. The van der Waals surface area contributed by atoms with Crippen LogP contribution in [0.25, 0.3) is 0 Å². The largest absolute Gasteiger partial charge is 0.480 e. The first-order chi connectivity index (χ1) is 8.13. The van der Waals surface area contributed by atoms with Crippen molar-refractivity contribution < 1.29 is 19.5 Å². The van der Waals surface area contributed by atoms with Crippen LogP contribution < -0.4 is 5.48 Å². The van der Waals surface area contributed by atoms with Gasteiger partial charge in [0.1, 0.15) is 6.04 Å². The Morgan fingerprint density at radius 1 is 1.35 bits per heavy atom. The quantitative estimate of drug-likeness (QED) is 0.726. The Morgan fingerprint density at radius 2 is 2.00 bits per heavy atom. The molecule has 5 heteroatoms. The summed E-state index contributed by atoms with van der Waals surface area (Å²) < 4.78 is 0. The van der Waals surface area contributed by atoms with E-state index in [0.29, 0.717) is 0 Å². The number of rotatable bonds is 6. The first kappa shape index (κ1) is 13.2. The number of hydrogen-bond acceptors (Lipinski definition) is 4. The lowest BCUT2D eigenvalue weighted by molar-refractivity contribution is -0.157. The topological polar surface area (TPSA) is 75.6 Å². The Bertz CT molecular complexity index is 377. The molecule has 0 heterocycles. The second kappa shape index (κ2) is 6.65. The van der Waals surface area contributed by atoms with Crippen LogP contribution in [0.5, 0.6) is 0 Å². The lowest BCUT2D eigenvalue weighted by Crippen LogP contribution is -2.39. The third-order valence-corrected chi connectivity index (χ3v) is 2.18. The summed E-state index contributed by atoms with van der Waals surface area (Å²) in [6.07, 6.45) is 0.456. The fraction of sp³-hybridized carbons (Fsp3) is 0.333. The second-order valence-electron chi connectivity index (χ2n) is 3.53. The molecule has 0 aliphatic heterocycles. The number of hydrogen-bond donors (Lipinski definition) is 2. The van der Waals surface area contributed by atoms with Crippen molar-refractivity contribution in [1.29, 1.82) is 0 Å². The van der Waals surface area contributed by atoms with Crippen molar-refractivity contribution in [1.82, 2.24) is 5.48 Å². The molecule has 92 valence electrons. The van der Waals surface area contributed by atoms with Gasteiger partial charge in [0, 0.05) is 12.8 Å². The van der Waals surface area contributed by atoms with Crippen molar-refractivity contribution >= 4 is 11.9 Å². The molecule has 0 fully saturated rings. The normalized spacial score (nSPS) is 11.8. The van der Waals surface area contributed by atoms with E-state index in [4.69, 9.17) is 5.11 Å². The van der Waals surface area contributed by atoms with Gasteiger partial charge in [-0.25, -0.2) is 0 Å². The molecular formula is C12H15NO4. The first-order valence-corrected chi connectivity index (χ1v) is 5.35. The van der Waals surface area contributed by atoms with E-state index in [1.165, 1.54) is 0 Å². The summed E-state index contributed by atoms with van der Waals surface area (Å²) in [6.45, 7) is 1.64. The third kappa shape index (κ3) is 4.65. The van der Waals surface area contributed by atoms with E-state index in [-0.39, 0.29) is 12.8 Å². The molecule has 0 aliphatic rings. The molecule has 0 aromatic heterocycles. The molecule has 0 bridgehead atoms. The van der Waals surface area contributed by atoms with Gasteiger partial charge in [0.15, 0.2) is 0 Å². The standard InChI is InChI=1S/C12H15NO4/c1-2-11(14)17-13-10(12(15)16)8-9-6-4-3-5-7-9/h3-7,10,13H,2,8H2,1H3,(H,15,16). The highest BCUT2D eigenvalue weighted by Crippen LogP contribution is 2.03. The summed E-state index contributed by atoms with van der Waals surface area (Å²) in [5.74, 6) is -1.54. The lowest BCUT2D eigenvalue weighted by atomic mass is 10.1. The van der Waals surface area contributed by atoms with Crippen LogP contribution in [0.1, 0.15) is 18.9 Å². The van der Waals surface area contributed by atoms with Crippen molar-refractivity contribution in [2.45, 2.75) is 25.8 Å². The zero-order valence-electron chi connectivity index (χ0n) is 9.55. The molecule has 0 aliphatic carbocycles. The zero-order valence-corrected chi connectivity index (χ0v) is 9.55. The molecule has 2 N–H and O–H groups in total. The highest BCUT2D eigenvalue weighted by molar-refractivity contribution is 5.74. The predicted molar refractivity (Wildman–Crippen MR) is 61.1 cm³/mol. The van der Waals surface area contributed by atoms with Gasteiger partial charge in [-0.15, -0.1) is 5.48 Å². The van der Waals surface area contributed by atoms with Crippen LogP contribution in [0.4, 0.5) is 0 Å². The average Bonchev–Trinajstić information content (AvgIpc) is 2.34. The molecule has 0 radical (unpaired) electrons. The van der Waals surface area contributed by atoms with Gasteiger partial charge in [0.05, 0.1) is 0 Å². The number of carboxylic acids is 1. The molecule has 1 aromatic rings. The van der Waals surface area contributed by atoms with Crippen LogP contribution in [0.2, 0.25) is 0 Å². The van der Waals surface area contributed by atoms with Gasteiger partial charge in [-0.2, -0.15) is 0 Å². The molecule has 0 saturated heterocycles. The summed E-state index contributed by atoms with van der Waals surface area (Å²) in [5.41, 5.74) is 3.13. The summed E-state index contributed by atoms with van der Waals surface area (Å²) in [4.78, 5) is 26.5. The minimum atomic E-state index is -1.06. The van der Waals surface area contributed by atoms with Crippen molar-refractivity contribution in [2.24, 2.45) is 0 Å². The maximum atomic E-state index is 11.0. The molecule has 0 spiro atoms. The minimum absolute atomic E-state index is 0.199. The lowest BCUT2D eigenvalue weighted by Gasteiger charge is -2.13. The van der Waals surface area contributed by atoms with Gasteiger partial charge in [0.25, 0.3) is 0 Å². The van der Waals surface area contributed by atoms with Gasteiger partial charge in [-0.3, -0.25) is 9.59 Å². The number of carbonyl (C=O) groups excluding carboxylic acids is 1. The number of carbonyl (C=O) groups is 2. The van der Waals surface area contributed by atoms with Crippen LogP contribution in [0.15, 0.2) is 30.3 Å². The first-order valence-electron chi connectivity index (χ1n) is 5.35. The van der Waals surface area contributed by atoms with Crippen molar-refractivity contribution in [3.05, 3.63) is 35.9 Å². The number of hydroxylamine groups is 1.